The van der Waals surface area contributed by atoms with Crippen molar-refractivity contribution in [2.24, 2.45) is 60.3 Å². The number of likely N-dealkylation sites (tertiary alicyclic amines) is 4. The lowest BCUT2D eigenvalue weighted by Crippen LogP contribution is -2.52. The number of hydrogen-bond acceptors (Lipinski definition) is 29. The summed E-state index contributed by atoms with van der Waals surface area (Å²) in [5, 5.41) is 25.0. The van der Waals surface area contributed by atoms with Crippen LogP contribution in [0.25, 0.3) is 0 Å². The van der Waals surface area contributed by atoms with Crippen molar-refractivity contribution in [2.75, 3.05) is 129 Å². The number of anilines is 9. The number of aldehydes is 1. The molecule has 8 saturated heterocycles. The topological polar surface area (TPSA) is 487 Å². The zero-order valence-corrected chi connectivity index (χ0v) is 68.9. The van der Waals surface area contributed by atoms with E-state index in [0.29, 0.717) is 124 Å². The minimum atomic E-state index is -0.795. The van der Waals surface area contributed by atoms with Crippen LogP contribution in [0.15, 0.2) is 55.8 Å². The molecule has 0 unspecified atom stereocenters. The molecule has 3 atom stereocenters. The molecule has 0 radical (unpaired) electrons. The second kappa shape index (κ2) is 37.3. The van der Waals surface area contributed by atoms with Crippen molar-refractivity contribution in [1.82, 2.24) is 84.2 Å². The Hall–Kier alpha value is -11.4. The van der Waals surface area contributed by atoms with Crippen LogP contribution in [0.1, 0.15) is 176 Å². The molecule has 12 N–H and O–H groups in total. The highest BCUT2D eigenvalue weighted by molar-refractivity contribution is 5.98. The number of esters is 1. The Bertz CT molecular complexity index is 4510. The molecule has 6 aromatic rings. The lowest BCUT2D eigenvalue weighted by atomic mass is 9.76. The minimum Gasteiger partial charge on any atom is -0.466 e. The van der Waals surface area contributed by atoms with Crippen LogP contribution >= 0.6 is 0 Å². The predicted molar refractivity (Wildman–Crippen MR) is 434 cm³/mol. The van der Waals surface area contributed by atoms with Crippen molar-refractivity contribution < 1.29 is 57.4 Å². The lowest BCUT2D eigenvalue weighted by Gasteiger charge is -2.41. The number of nitrogens with one attached hydrogen (secondary N) is 4. The van der Waals surface area contributed by atoms with Crippen LogP contribution < -0.4 is 58.9 Å². The molecule has 14 rings (SSSR count). The Morgan fingerprint density at radius 2 is 0.872 bits per heavy atom. The largest absolute Gasteiger partial charge is 0.466 e. The number of aromatic nitrogens is 12. The molecule has 0 aromatic carbocycles. The molecule has 8 aliphatic heterocycles. The fourth-order valence-corrected chi connectivity index (χ4v) is 16.4. The number of hydrogen-bond donors (Lipinski definition) is 8. The van der Waals surface area contributed by atoms with Gasteiger partial charge in [-0.3, -0.25) is 42.8 Å². The minimum absolute atomic E-state index is 0.0514. The summed E-state index contributed by atoms with van der Waals surface area (Å²) < 4.78 is 20.9. The summed E-state index contributed by atoms with van der Waals surface area (Å²) >= 11 is 0. The molecule has 39 heteroatoms. The summed E-state index contributed by atoms with van der Waals surface area (Å²) in [6, 6.07) is 0.334. The van der Waals surface area contributed by atoms with E-state index in [1.807, 2.05) is 53.5 Å². The van der Waals surface area contributed by atoms with Crippen LogP contribution in [-0.4, -0.2) is 260 Å². The van der Waals surface area contributed by atoms with Crippen LogP contribution in [0.3, 0.4) is 0 Å². The molecule has 39 nitrogen and oxygen atoms in total. The summed E-state index contributed by atoms with van der Waals surface area (Å²) in [6.07, 6.45) is 26.7. The van der Waals surface area contributed by atoms with Gasteiger partial charge in [-0.25, -0.2) is 39.5 Å². The van der Waals surface area contributed by atoms with Crippen molar-refractivity contribution in [1.29, 1.82) is 0 Å². The van der Waals surface area contributed by atoms with Gasteiger partial charge in [-0.2, -0.15) is 15.3 Å². The molecular formula is C78H115N27O12. The molecular weight excluding hydrogens is 1510 g/mol. The maximum Gasteiger partial charge on any atom is 0.410 e. The van der Waals surface area contributed by atoms with Gasteiger partial charge in [0.2, 0.25) is 11.8 Å². The van der Waals surface area contributed by atoms with Crippen molar-refractivity contribution >= 4 is 106 Å². The molecule has 2 spiro atoms. The number of piperidine rings is 6. The molecule has 634 valence electrons. The van der Waals surface area contributed by atoms with E-state index in [2.05, 4.69) is 81.1 Å². The standard InChI is InChI=1S/C27H39N9O4.C22H31N9O2.C15H25NO5.C14H20N8O/c1-26(2,3)40-25(39)34-11-7-27(8-12-34)9-13-36(24(27)38)19-6-5-10-35(17-19)20-15-29-21(22(28)37)23(32-20)31-18-14-30-33(4)16-18;1-29-13-15(11-26-29)27-20-18(19(23)32)25-12-17(28-20)30-9-2-3-16(14-30)31-10-6-22(21(31)33)4-7-24-8-5-22;1-5-20-12(18)15(8-11-17)6-9-16(10-7-15)13(19)21-14(2,3)4;1-21-8-10(5-18-21)19-14-12(13(16)23)17-6-11(20-14)22-4-2-3-9(15)7-22/h14-16,19H,5-13,17H2,1-4H3,(H2,28,37)(H,31,32);11-13,16,24H,2-10,14H2,1H3,(H2,23,32)(H,27,28);11H,5-10H2,1-4H3;5-6,8-9H,2-4,7,15H2,1H3,(H2,16,23)(H,19,20)/t19-;16-;;9-/m11.1/s1. The van der Waals surface area contributed by atoms with Gasteiger partial charge in [0, 0.05) is 143 Å². The monoisotopic (exact) mass is 1620 g/mol. The van der Waals surface area contributed by atoms with Crippen molar-refractivity contribution in [3.05, 3.63) is 72.9 Å². The number of aryl methyl sites for hydroxylation is 3. The highest BCUT2D eigenvalue weighted by atomic mass is 16.6. The number of nitrogens with zero attached hydrogens (tertiary/aromatic N) is 19. The Labute approximate surface area is 680 Å². The van der Waals surface area contributed by atoms with E-state index in [1.54, 1.807) is 101 Å². The first-order valence-corrected chi connectivity index (χ1v) is 40.3. The summed E-state index contributed by atoms with van der Waals surface area (Å²) in [4.78, 5) is 151. The average molecular weight is 1620 g/mol. The first-order valence-electron chi connectivity index (χ1n) is 40.3. The maximum atomic E-state index is 13.8. The summed E-state index contributed by atoms with van der Waals surface area (Å²) in [5.41, 5.74) is 22.3. The second-order valence-electron chi connectivity index (χ2n) is 33.4. The molecule has 7 amide bonds. The predicted octanol–water partition coefficient (Wildman–Crippen LogP) is 5.03. The van der Waals surface area contributed by atoms with Crippen LogP contribution in [0.5, 0.6) is 0 Å². The third-order valence-electron chi connectivity index (χ3n) is 22.6. The lowest BCUT2D eigenvalue weighted by molar-refractivity contribution is -0.159. The molecule has 0 aliphatic carbocycles. The Balaban J connectivity index is 0.000000158. The van der Waals surface area contributed by atoms with E-state index < -0.39 is 39.8 Å². The summed E-state index contributed by atoms with van der Waals surface area (Å²) in [5.74, 6) is 1.08. The third kappa shape index (κ3) is 21.6. The Kier molecular flexibility index (Phi) is 27.5. The van der Waals surface area contributed by atoms with E-state index in [1.165, 1.54) is 0 Å². The second-order valence-corrected chi connectivity index (χ2v) is 33.4. The maximum absolute atomic E-state index is 13.8. The zero-order chi connectivity index (χ0) is 84.2. The molecule has 0 bridgehead atoms. The molecule has 8 fully saturated rings. The number of nitrogens with two attached hydrogens (primary N) is 4. The van der Waals surface area contributed by atoms with Gasteiger partial charge >= 0.3 is 18.2 Å². The molecule has 0 saturated carbocycles. The van der Waals surface area contributed by atoms with Crippen LogP contribution in [0.2, 0.25) is 0 Å². The average Bonchev–Trinajstić information content (AvgIpc) is 1.62. The first-order chi connectivity index (χ1) is 55.7. The smallest absolute Gasteiger partial charge is 0.410 e. The van der Waals surface area contributed by atoms with Gasteiger partial charge < -0.3 is 97.5 Å². The molecule has 14 heterocycles. The van der Waals surface area contributed by atoms with Crippen LogP contribution in [0.4, 0.5) is 61.6 Å². The number of carbonyl (C=O) groups is 9. The highest BCUT2D eigenvalue weighted by Crippen LogP contribution is 2.45. The number of rotatable bonds is 18. The van der Waals surface area contributed by atoms with Crippen molar-refractivity contribution in [2.45, 2.75) is 174 Å². The Morgan fingerprint density at radius 1 is 0.513 bits per heavy atom. The third-order valence-corrected chi connectivity index (χ3v) is 22.6. The van der Waals surface area contributed by atoms with Gasteiger partial charge in [0.25, 0.3) is 17.7 Å². The van der Waals surface area contributed by atoms with E-state index in [0.717, 1.165) is 116 Å². The van der Waals surface area contributed by atoms with E-state index in [9.17, 15) is 43.2 Å². The van der Waals surface area contributed by atoms with E-state index in [-0.39, 0.29) is 83.5 Å². The van der Waals surface area contributed by atoms with Gasteiger partial charge in [0.15, 0.2) is 34.5 Å². The first kappa shape index (κ1) is 86.5. The quantitative estimate of drug-likeness (QED) is 0.0318. The normalized spacial score (nSPS) is 20.4. The van der Waals surface area contributed by atoms with Crippen molar-refractivity contribution in [3.8, 4) is 0 Å². The molecule has 8 aliphatic rings. The number of carbonyl (C=O) groups excluding carboxylic acids is 9. The SMILES string of the molecule is CCOC(=O)C1(CC=O)CCN(C(=O)OC(C)(C)C)CC1.Cn1cc(Nc2nc(N3CCC[C@@H](N)C3)cnc2C(N)=O)cn1.Cn1cc(Nc2nc(N3CCC[C@@H](N4CCC5(CCN(C(=O)OC(C)(C)C)CC5)C4=O)C3)cnc2C(N)=O)cn1.Cn1cc(Nc2nc(N3CCC[C@@H](N4CCC5(CCNCC5)C4=O)C3)cnc2C(N)=O)cn1. The fourth-order valence-electron chi connectivity index (χ4n) is 16.4. The number of primary amides is 3. The summed E-state index contributed by atoms with van der Waals surface area (Å²) in [6.45, 7) is 22.8. The van der Waals surface area contributed by atoms with E-state index >= 15 is 0 Å². The summed E-state index contributed by atoms with van der Waals surface area (Å²) in [7, 11) is 5.41. The van der Waals surface area contributed by atoms with E-state index in [4.69, 9.17) is 42.1 Å². The number of amides is 7. The zero-order valence-electron chi connectivity index (χ0n) is 68.9. The molecule has 117 heavy (non-hydrogen) atoms. The van der Waals surface area contributed by atoms with Gasteiger partial charge in [-0.1, -0.05) is 0 Å². The highest BCUT2D eigenvalue weighted by Gasteiger charge is 2.52. The van der Waals surface area contributed by atoms with Crippen LogP contribution in [-0.2, 0) is 54.5 Å². The van der Waals surface area contributed by atoms with Crippen LogP contribution in [0, 0.1) is 16.2 Å². The Morgan fingerprint density at radius 3 is 1.21 bits per heavy atom. The van der Waals surface area contributed by atoms with Gasteiger partial charge in [-0.05, 0) is 151 Å². The fraction of sp³-hybridized carbons (Fsp3) is 0.615. The van der Waals surface area contributed by atoms with Crippen molar-refractivity contribution in [3.63, 3.8) is 0 Å². The molecule has 6 aromatic heterocycles. The van der Waals surface area contributed by atoms with Gasteiger partial charge in [-0.15, -0.1) is 0 Å². The van der Waals surface area contributed by atoms with Gasteiger partial charge in [0.05, 0.1) is 77.1 Å². The number of ether oxygens (including phenoxy) is 3. The van der Waals surface area contributed by atoms with Gasteiger partial charge in [0.1, 0.15) is 34.9 Å².